The average Bonchev–Trinajstić information content (AvgIpc) is 2.64. The number of likely N-dealkylation sites (tertiary alicyclic amines) is 1. The summed E-state index contributed by atoms with van der Waals surface area (Å²) >= 11 is 6.29. The van der Waals surface area contributed by atoms with Crippen LogP contribution < -0.4 is 4.74 Å². The van der Waals surface area contributed by atoms with Gasteiger partial charge in [0.1, 0.15) is 11.4 Å². The molecule has 3 rings (SSSR count). The molecule has 1 fully saturated rings. The lowest BCUT2D eigenvalue weighted by atomic mass is 9.81. The summed E-state index contributed by atoms with van der Waals surface area (Å²) in [7, 11) is 1.31. The predicted octanol–water partition coefficient (Wildman–Crippen LogP) is 3.24. The molecule has 1 saturated heterocycles. The van der Waals surface area contributed by atoms with Gasteiger partial charge in [0.05, 0.1) is 25.5 Å². The number of piperidine rings is 1. The zero-order valence-electron chi connectivity index (χ0n) is 15.9. The Labute approximate surface area is 163 Å². The molecule has 6 nitrogen and oxygen atoms in total. The molecule has 2 heterocycles. The molecule has 146 valence electrons. The Morgan fingerprint density at radius 2 is 1.93 bits per heavy atom. The number of carbonyl (C=O) groups is 3. The molecule has 0 radical (unpaired) electrons. The Morgan fingerprint density at radius 3 is 2.56 bits per heavy atom. The standard InChI is InChI=1S/C20H24ClNO5/c1-12-10-15-18(13(2)19(12)21)14(23)11-20(27-15)6-8-22(9-7-20)16(24)4-5-17(25)26-3/h10H,4-9,11H2,1-3H3. The first kappa shape index (κ1) is 19.7. The first-order valence-corrected chi connectivity index (χ1v) is 9.50. The van der Waals surface area contributed by atoms with Crippen molar-refractivity contribution >= 4 is 29.3 Å². The fourth-order valence-electron chi connectivity index (χ4n) is 3.91. The van der Waals surface area contributed by atoms with E-state index in [-0.39, 0.29) is 30.5 Å². The van der Waals surface area contributed by atoms with E-state index in [2.05, 4.69) is 4.74 Å². The smallest absolute Gasteiger partial charge is 0.306 e. The Balaban J connectivity index is 1.69. The number of ketones is 1. The van der Waals surface area contributed by atoms with Crippen molar-refractivity contribution in [2.75, 3.05) is 20.2 Å². The molecule has 0 bridgehead atoms. The van der Waals surface area contributed by atoms with Crippen LogP contribution in [0.2, 0.25) is 5.02 Å². The molecule has 2 aliphatic rings. The van der Waals surface area contributed by atoms with Gasteiger partial charge in [-0.2, -0.15) is 0 Å². The second-order valence-corrected chi connectivity index (χ2v) is 7.73. The summed E-state index contributed by atoms with van der Waals surface area (Å²) in [5.41, 5.74) is 1.65. The highest BCUT2D eigenvalue weighted by Crippen LogP contribution is 2.43. The number of hydrogen-bond acceptors (Lipinski definition) is 5. The summed E-state index contributed by atoms with van der Waals surface area (Å²) in [5.74, 6) is 0.174. The third kappa shape index (κ3) is 3.81. The molecule has 1 amide bonds. The van der Waals surface area contributed by atoms with Gasteiger partial charge in [0.15, 0.2) is 5.78 Å². The van der Waals surface area contributed by atoms with Crippen LogP contribution in [-0.4, -0.2) is 48.4 Å². The highest BCUT2D eigenvalue weighted by Gasteiger charge is 2.44. The molecule has 1 aromatic rings. The molecular formula is C20H24ClNO5. The van der Waals surface area contributed by atoms with Gasteiger partial charge in [-0.3, -0.25) is 14.4 Å². The molecule has 7 heteroatoms. The molecule has 0 unspecified atom stereocenters. The van der Waals surface area contributed by atoms with Crippen molar-refractivity contribution in [2.24, 2.45) is 0 Å². The van der Waals surface area contributed by atoms with E-state index in [1.165, 1.54) is 7.11 Å². The average molecular weight is 394 g/mol. The number of rotatable bonds is 3. The van der Waals surface area contributed by atoms with Crippen molar-refractivity contribution in [1.29, 1.82) is 0 Å². The van der Waals surface area contributed by atoms with Gasteiger partial charge in [-0.1, -0.05) is 11.6 Å². The van der Waals surface area contributed by atoms with E-state index in [0.717, 1.165) is 11.1 Å². The number of methoxy groups -OCH3 is 1. The minimum atomic E-state index is -0.573. The van der Waals surface area contributed by atoms with E-state index in [1.54, 1.807) is 4.90 Å². The van der Waals surface area contributed by atoms with Crippen LogP contribution in [0.1, 0.15) is 53.6 Å². The van der Waals surface area contributed by atoms with E-state index in [4.69, 9.17) is 16.3 Å². The van der Waals surface area contributed by atoms with Crippen LogP contribution in [0.5, 0.6) is 5.75 Å². The number of carbonyl (C=O) groups excluding carboxylic acids is 3. The highest BCUT2D eigenvalue weighted by molar-refractivity contribution is 6.32. The number of benzene rings is 1. The molecule has 27 heavy (non-hydrogen) atoms. The van der Waals surface area contributed by atoms with Gasteiger partial charge in [0.2, 0.25) is 5.91 Å². The molecule has 0 atom stereocenters. The highest BCUT2D eigenvalue weighted by atomic mass is 35.5. The normalized spacial score (nSPS) is 18.1. The zero-order valence-corrected chi connectivity index (χ0v) is 16.6. The minimum Gasteiger partial charge on any atom is -0.486 e. The molecule has 0 aromatic heterocycles. The van der Waals surface area contributed by atoms with Crippen LogP contribution in [0, 0.1) is 13.8 Å². The van der Waals surface area contributed by atoms with Crippen molar-refractivity contribution in [3.63, 3.8) is 0 Å². The summed E-state index contributed by atoms with van der Waals surface area (Å²) in [5, 5.41) is 0.604. The maximum absolute atomic E-state index is 12.8. The van der Waals surface area contributed by atoms with E-state index < -0.39 is 5.60 Å². The van der Waals surface area contributed by atoms with Gasteiger partial charge in [-0.15, -0.1) is 0 Å². The number of nitrogens with zero attached hydrogens (tertiary/aromatic N) is 1. The monoisotopic (exact) mass is 393 g/mol. The topological polar surface area (TPSA) is 72.9 Å². The van der Waals surface area contributed by atoms with Crippen LogP contribution in [0.4, 0.5) is 0 Å². The molecular weight excluding hydrogens is 370 g/mol. The third-order valence-corrected chi connectivity index (χ3v) is 6.11. The first-order chi connectivity index (χ1) is 12.8. The van der Waals surface area contributed by atoms with Crippen molar-refractivity contribution in [1.82, 2.24) is 4.90 Å². The maximum Gasteiger partial charge on any atom is 0.306 e. The predicted molar refractivity (Wildman–Crippen MR) is 100 cm³/mol. The van der Waals surface area contributed by atoms with Crippen molar-refractivity contribution in [3.05, 3.63) is 27.8 Å². The van der Waals surface area contributed by atoms with Gasteiger partial charge in [0, 0.05) is 37.4 Å². The van der Waals surface area contributed by atoms with E-state index in [0.29, 0.717) is 48.7 Å². The minimum absolute atomic E-state index is 0.0427. The van der Waals surface area contributed by atoms with Crippen molar-refractivity contribution in [2.45, 2.75) is 51.6 Å². The number of Topliss-reactive ketones (excluding diaryl/α,β-unsaturated/α-hetero) is 1. The van der Waals surface area contributed by atoms with Gasteiger partial charge >= 0.3 is 5.97 Å². The maximum atomic E-state index is 12.8. The molecule has 2 aliphatic heterocycles. The quantitative estimate of drug-likeness (QED) is 0.737. The summed E-state index contributed by atoms with van der Waals surface area (Å²) in [4.78, 5) is 38.0. The lowest BCUT2D eigenvalue weighted by Gasteiger charge is -2.44. The van der Waals surface area contributed by atoms with Crippen LogP contribution in [-0.2, 0) is 14.3 Å². The number of amides is 1. The van der Waals surface area contributed by atoms with Gasteiger partial charge in [-0.25, -0.2) is 0 Å². The fourth-order valence-corrected chi connectivity index (χ4v) is 4.06. The van der Waals surface area contributed by atoms with Gasteiger partial charge in [0.25, 0.3) is 0 Å². The van der Waals surface area contributed by atoms with E-state index in [1.807, 2.05) is 19.9 Å². The SMILES string of the molecule is COC(=O)CCC(=O)N1CCC2(CC1)CC(=O)c1c(cc(C)c(Cl)c1C)O2. The van der Waals surface area contributed by atoms with Crippen LogP contribution in [0.15, 0.2) is 6.07 Å². The molecule has 1 aromatic carbocycles. The zero-order chi connectivity index (χ0) is 19.8. The third-order valence-electron chi connectivity index (χ3n) is 5.53. The summed E-state index contributed by atoms with van der Waals surface area (Å²) in [6.07, 6.45) is 1.69. The summed E-state index contributed by atoms with van der Waals surface area (Å²) in [6, 6.07) is 1.83. The summed E-state index contributed by atoms with van der Waals surface area (Å²) < 4.78 is 10.9. The molecule has 0 aliphatic carbocycles. The lowest BCUT2D eigenvalue weighted by molar-refractivity contribution is -0.144. The summed E-state index contributed by atoms with van der Waals surface area (Å²) in [6.45, 7) is 4.76. The molecule has 0 N–H and O–H groups in total. The van der Waals surface area contributed by atoms with E-state index >= 15 is 0 Å². The number of aryl methyl sites for hydroxylation is 1. The molecule has 0 saturated carbocycles. The van der Waals surface area contributed by atoms with Crippen LogP contribution >= 0.6 is 11.6 Å². The molecule has 1 spiro atoms. The number of halogens is 1. The van der Waals surface area contributed by atoms with E-state index in [9.17, 15) is 14.4 Å². The Kier molecular flexibility index (Phi) is 5.47. The largest absolute Gasteiger partial charge is 0.486 e. The number of esters is 1. The lowest BCUT2D eigenvalue weighted by Crippen LogP contribution is -2.52. The second kappa shape index (κ2) is 7.50. The number of hydrogen-bond donors (Lipinski definition) is 0. The van der Waals surface area contributed by atoms with Crippen LogP contribution in [0.3, 0.4) is 0 Å². The Morgan fingerprint density at radius 1 is 1.26 bits per heavy atom. The van der Waals surface area contributed by atoms with Crippen molar-refractivity contribution < 1.29 is 23.9 Å². The van der Waals surface area contributed by atoms with Crippen LogP contribution in [0.25, 0.3) is 0 Å². The fraction of sp³-hybridized carbons (Fsp3) is 0.550. The van der Waals surface area contributed by atoms with Gasteiger partial charge in [-0.05, 0) is 31.0 Å². The van der Waals surface area contributed by atoms with Gasteiger partial charge < -0.3 is 14.4 Å². The first-order valence-electron chi connectivity index (χ1n) is 9.13. The Hall–Kier alpha value is -2.08. The Bertz CT molecular complexity index is 796. The second-order valence-electron chi connectivity index (χ2n) is 7.35. The number of fused-ring (bicyclic) bond motifs is 1. The van der Waals surface area contributed by atoms with Crippen molar-refractivity contribution in [3.8, 4) is 5.75 Å². The number of ether oxygens (including phenoxy) is 2.